The van der Waals surface area contributed by atoms with Gasteiger partial charge in [-0.15, -0.1) is 0 Å². The Kier molecular flexibility index (Phi) is 3.36. The smallest absolute Gasteiger partial charge is 0.214 e. The minimum atomic E-state index is -0.513. The molecule has 0 aliphatic carbocycles. The Labute approximate surface area is 121 Å². The molecule has 4 heteroatoms. The predicted octanol–water partition coefficient (Wildman–Crippen LogP) is 3.55. The molecular formula is C17H13FN2O. The molecule has 104 valence electrons. The Morgan fingerprint density at radius 3 is 2.57 bits per heavy atom. The molecule has 21 heavy (non-hydrogen) atoms. The SMILES string of the molecule is Cc1ccc(C(=O)c2ccnn2-c2ccccc2)c(F)c1. The molecule has 3 aromatic rings. The zero-order valence-corrected chi connectivity index (χ0v) is 11.5. The number of nitrogens with zero attached hydrogens (tertiary/aromatic N) is 2. The minimum Gasteiger partial charge on any atom is -0.287 e. The summed E-state index contributed by atoms with van der Waals surface area (Å²) in [6.07, 6.45) is 1.53. The normalized spacial score (nSPS) is 10.6. The second-order valence-electron chi connectivity index (χ2n) is 4.78. The molecule has 0 bridgehead atoms. The third kappa shape index (κ3) is 2.48. The molecule has 0 fully saturated rings. The highest BCUT2D eigenvalue weighted by Gasteiger charge is 2.18. The predicted molar refractivity (Wildman–Crippen MR) is 78.1 cm³/mol. The van der Waals surface area contributed by atoms with Crippen LogP contribution in [0.2, 0.25) is 0 Å². The van der Waals surface area contributed by atoms with Crippen LogP contribution in [0.3, 0.4) is 0 Å². The lowest BCUT2D eigenvalue weighted by molar-refractivity contribution is 0.102. The average molecular weight is 280 g/mol. The van der Waals surface area contributed by atoms with Gasteiger partial charge in [0.2, 0.25) is 5.78 Å². The van der Waals surface area contributed by atoms with E-state index in [1.165, 1.54) is 23.0 Å². The number of carbonyl (C=O) groups excluding carboxylic acids is 1. The number of para-hydroxylation sites is 1. The van der Waals surface area contributed by atoms with Crippen LogP contribution < -0.4 is 0 Å². The topological polar surface area (TPSA) is 34.9 Å². The van der Waals surface area contributed by atoms with Crippen molar-refractivity contribution < 1.29 is 9.18 Å². The van der Waals surface area contributed by atoms with Gasteiger partial charge in [0.1, 0.15) is 11.5 Å². The maximum Gasteiger partial charge on any atom is 0.214 e. The van der Waals surface area contributed by atoms with Crippen molar-refractivity contribution in [1.82, 2.24) is 9.78 Å². The highest BCUT2D eigenvalue weighted by molar-refractivity contribution is 6.08. The highest BCUT2D eigenvalue weighted by Crippen LogP contribution is 2.17. The number of ketones is 1. The number of hydrogen-bond donors (Lipinski definition) is 0. The molecule has 3 nitrogen and oxygen atoms in total. The quantitative estimate of drug-likeness (QED) is 0.688. The molecule has 0 unspecified atom stereocenters. The second kappa shape index (κ2) is 5.32. The average Bonchev–Trinajstić information content (AvgIpc) is 2.97. The standard InChI is InChI=1S/C17H13FN2O/c1-12-7-8-14(15(18)11-12)17(21)16-9-10-19-20(16)13-5-3-2-4-6-13/h2-11H,1H3. The summed E-state index contributed by atoms with van der Waals surface area (Å²) in [4.78, 5) is 12.5. The number of aryl methyl sites for hydroxylation is 1. The van der Waals surface area contributed by atoms with Gasteiger partial charge < -0.3 is 0 Å². The van der Waals surface area contributed by atoms with Gasteiger partial charge in [-0.3, -0.25) is 4.79 Å². The number of rotatable bonds is 3. The summed E-state index contributed by atoms with van der Waals surface area (Å²) in [5.74, 6) is -0.894. The lowest BCUT2D eigenvalue weighted by Gasteiger charge is -2.07. The fourth-order valence-corrected chi connectivity index (χ4v) is 2.19. The van der Waals surface area contributed by atoms with Gasteiger partial charge in [0.15, 0.2) is 0 Å². The van der Waals surface area contributed by atoms with Crippen LogP contribution in [0.1, 0.15) is 21.6 Å². The zero-order valence-electron chi connectivity index (χ0n) is 11.5. The number of benzene rings is 2. The molecule has 0 aliphatic rings. The molecule has 2 aromatic carbocycles. The molecule has 0 saturated carbocycles. The third-order valence-corrected chi connectivity index (χ3v) is 3.25. The summed E-state index contributed by atoms with van der Waals surface area (Å²) in [6, 6.07) is 15.5. The molecule has 0 amide bonds. The Bertz CT molecular complexity index is 794. The molecular weight excluding hydrogens is 267 g/mol. The lowest BCUT2D eigenvalue weighted by Crippen LogP contribution is -2.11. The van der Waals surface area contributed by atoms with Gasteiger partial charge in [-0.05, 0) is 42.8 Å². The van der Waals surface area contributed by atoms with Crippen molar-refractivity contribution >= 4 is 5.78 Å². The Hall–Kier alpha value is -2.75. The van der Waals surface area contributed by atoms with Gasteiger partial charge in [0, 0.05) is 0 Å². The van der Waals surface area contributed by atoms with Gasteiger partial charge in [0.05, 0.1) is 17.4 Å². The minimum absolute atomic E-state index is 0.0540. The Morgan fingerprint density at radius 1 is 1.10 bits per heavy atom. The van der Waals surface area contributed by atoms with Crippen LogP contribution in [-0.4, -0.2) is 15.6 Å². The molecule has 0 spiro atoms. The first-order valence-corrected chi connectivity index (χ1v) is 6.57. The van der Waals surface area contributed by atoms with E-state index in [0.717, 1.165) is 11.3 Å². The van der Waals surface area contributed by atoms with Gasteiger partial charge in [0.25, 0.3) is 0 Å². The van der Waals surface area contributed by atoms with E-state index < -0.39 is 5.82 Å². The Morgan fingerprint density at radius 2 is 1.86 bits per heavy atom. The Balaban J connectivity index is 2.06. The van der Waals surface area contributed by atoms with E-state index in [-0.39, 0.29) is 11.3 Å². The van der Waals surface area contributed by atoms with Crippen LogP contribution >= 0.6 is 0 Å². The molecule has 3 rings (SSSR count). The van der Waals surface area contributed by atoms with Crippen molar-refractivity contribution in [1.29, 1.82) is 0 Å². The maximum absolute atomic E-state index is 14.0. The zero-order chi connectivity index (χ0) is 14.8. The first-order chi connectivity index (χ1) is 10.2. The molecule has 0 N–H and O–H groups in total. The van der Waals surface area contributed by atoms with Crippen LogP contribution in [0.4, 0.5) is 4.39 Å². The van der Waals surface area contributed by atoms with Crippen molar-refractivity contribution in [3.8, 4) is 5.69 Å². The van der Waals surface area contributed by atoms with Crippen LogP contribution in [0.15, 0.2) is 60.8 Å². The first-order valence-electron chi connectivity index (χ1n) is 6.57. The van der Waals surface area contributed by atoms with E-state index in [2.05, 4.69) is 5.10 Å². The fourth-order valence-electron chi connectivity index (χ4n) is 2.19. The highest BCUT2D eigenvalue weighted by atomic mass is 19.1. The van der Waals surface area contributed by atoms with Gasteiger partial charge in [-0.1, -0.05) is 24.3 Å². The number of carbonyl (C=O) groups is 1. The van der Waals surface area contributed by atoms with E-state index in [4.69, 9.17) is 0 Å². The van der Waals surface area contributed by atoms with E-state index in [1.54, 1.807) is 19.1 Å². The molecule has 0 radical (unpaired) electrons. The number of hydrogen-bond acceptors (Lipinski definition) is 2. The number of halogens is 1. The van der Waals surface area contributed by atoms with Crippen molar-refractivity contribution in [2.75, 3.05) is 0 Å². The van der Waals surface area contributed by atoms with E-state index >= 15 is 0 Å². The van der Waals surface area contributed by atoms with E-state index in [1.807, 2.05) is 30.3 Å². The second-order valence-corrected chi connectivity index (χ2v) is 4.78. The number of aromatic nitrogens is 2. The molecule has 0 atom stereocenters. The summed E-state index contributed by atoms with van der Waals surface area (Å²) >= 11 is 0. The first kappa shape index (κ1) is 13.2. The molecule has 0 saturated heterocycles. The summed E-state index contributed by atoms with van der Waals surface area (Å²) in [5.41, 5.74) is 1.93. The van der Waals surface area contributed by atoms with Gasteiger partial charge in [-0.2, -0.15) is 5.10 Å². The van der Waals surface area contributed by atoms with E-state index in [0.29, 0.717) is 5.69 Å². The summed E-state index contributed by atoms with van der Waals surface area (Å²) in [7, 11) is 0. The van der Waals surface area contributed by atoms with Crippen molar-refractivity contribution in [2.24, 2.45) is 0 Å². The van der Waals surface area contributed by atoms with Gasteiger partial charge in [-0.25, -0.2) is 9.07 Å². The molecule has 1 aromatic heterocycles. The molecule has 1 heterocycles. The van der Waals surface area contributed by atoms with Crippen molar-refractivity contribution in [2.45, 2.75) is 6.92 Å². The van der Waals surface area contributed by atoms with E-state index in [9.17, 15) is 9.18 Å². The van der Waals surface area contributed by atoms with Crippen molar-refractivity contribution in [3.05, 3.63) is 83.4 Å². The van der Waals surface area contributed by atoms with Crippen LogP contribution in [-0.2, 0) is 0 Å². The largest absolute Gasteiger partial charge is 0.287 e. The van der Waals surface area contributed by atoms with Crippen LogP contribution in [0.25, 0.3) is 5.69 Å². The monoisotopic (exact) mass is 280 g/mol. The third-order valence-electron chi connectivity index (χ3n) is 3.25. The van der Waals surface area contributed by atoms with Crippen LogP contribution in [0, 0.1) is 12.7 Å². The van der Waals surface area contributed by atoms with Crippen LogP contribution in [0.5, 0.6) is 0 Å². The summed E-state index contributed by atoms with van der Waals surface area (Å²) in [5, 5.41) is 4.15. The van der Waals surface area contributed by atoms with Gasteiger partial charge >= 0.3 is 0 Å². The fraction of sp³-hybridized carbons (Fsp3) is 0.0588. The lowest BCUT2D eigenvalue weighted by atomic mass is 10.1. The maximum atomic E-state index is 14.0. The summed E-state index contributed by atoms with van der Waals surface area (Å²) < 4.78 is 15.5. The summed E-state index contributed by atoms with van der Waals surface area (Å²) in [6.45, 7) is 1.78. The van der Waals surface area contributed by atoms with Crippen molar-refractivity contribution in [3.63, 3.8) is 0 Å². The molecule has 0 aliphatic heterocycles.